The van der Waals surface area contributed by atoms with Crippen molar-refractivity contribution in [1.29, 1.82) is 0 Å². The number of aryl methyl sites for hydroxylation is 2. The number of sulfonamides is 1. The second-order valence-electron chi connectivity index (χ2n) is 7.33. The second-order valence-corrected chi connectivity index (χ2v) is 10.5. The van der Waals surface area contributed by atoms with E-state index in [1.807, 2.05) is 4.72 Å². The van der Waals surface area contributed by atoms with Crippen molar-refractivity contribution >= 4 is 49.7 Å². The van der Waals surface area contributed by atoms with Gasteiger partial charge in [-0.2, -0.15) is 0 Å². The van der Waals surface area contributed by atoms with Gasteiger partial charge in [0, 0.05) is 23.3 Å². The Balaban J connectivity index is 1.57. The molecule has 0 radical (unpaired) electrons. The molecule has 0 spiro atoms. The number of fused-ring (bicyclic) bond motifs is 1. The van der Waals surface area contributed by atoms with Crippen LogP contribution in [0.1, 0.15) is 10.4 Å². The van der Waals surface area contributed by atoms with Crippen molar-refractivity contribution in [3.05, 3.63) is 75.7 Å². The summed E-state index contributed by atoms with van der Waals surface area (Å²) in [6.07, 6.45) is 1.46. The normalized spacial score (nSPS) is 11.4. The van der Waals surface area contributed by atoms with Gasteiger partial charge >= 0.3 is 6.03 Å². The fourth-order valence-corrected chi connectivity index (χ4v) is 5.53. The highest BCUT2D eigenvalue weighted by atomic mass is 32.2. The Hall–Kier alpha value is -3.70. The van der Waals surface area contributed by atoms with Crippen molar-refractivity contribution in [1.82, 2.24) is 14.3 Å². The van der Waals surface area contributed by atoms with Crippen LogP contribution in [-0.2, 0) is 10.0 Å². The Labute approximate surface area is 194 Å². The molecule has 2 amide bonds. The molecule has 3 N–H and O–H groups in total. The molecule has 0 aliphatic carbocycles. The first-order chi connectivity index (χ1) is 15.7. The van der Waals surface area contributed by atoms with Crippen LogP contribution in [-0.4, -0.2) is 31.0 Å². The summed E-state index contributed by atoms with van der Waals surface area (Å²) in [5.74, 6) is 0. The SMILES string of the molecule is CNc1ccc2c(=O)n(-c3ccc(NC(=O)NS(=O)(=O)c4ccc(C)s4)cc3C)cnc2c1. The van der Waals surface area contributed by atoms with Gasteiger partial charge in [0.1, 0.15) is 10.5 Å². The topological polar surface area (TPSA) is 122 Å². The molecule has 0 saturated carbocycles. The van der Waals surface area contributed by atoms with Gasteiger partial charge in [0.2, 0.25) is 0 Å². The quantitative estimate of drug-likeness (QED) is 0.399. The fraction of sp³-hybridized carbons (Fsp3) is 0.136. The number of rotatable bonds is 5. The zero-order valence-electron chi connectivity index (χ0n) is 18.0. The van der Waals surface area contributed by atoms with E-state index >= 15 is 0 Å². The first kappa shape index (κ1) is 22.5. The van der Waals surface area contributed by atoms with Crippen molar-refractivity contribution < 1.29 is 13.2 Å². The molecule has 0 atom stereocenters. The lowest BCUT2D eigenvalue weighted by molar-refractivity contribution is 0.256. The maximum absolute atomic E-state index is 13.0. The molecule has 0 aliphatic heterocycles. The standard InChI is InChI=1S/C22H21N5O4S2/c1-13-10-16(25-22(29)26-33(30,31)20-9-4-14(2)32-20)6-8-19(13)27-12-24-18-11-15(23-3)5-7-17(18)21(27)28/h4-12,23H,1-3H3,(H2,25,26,29). The number of nitrogens with zero attached hydrogens (tertiary/aromatic N) is 2. The van der Waals surface area contributed by atoms with E-state index in [1.165, 1.54) is 17.0 Å². The van der Waals surface area contributed by atoms with Crippen molar-refractivity contribution in [2.45, 2.75) is 18.1 Å². The van der Waals surface area contributed by atoms with Gasteiger partial charge in [-0.15, -0.1) is 11.3 Å². The van der Waals surface area contributed by atoms with E-state index < -0.39 is 16.1 Å². The first-order valence-corrected chi connectivity index (χ1v) is 12.2. The average molecular weight is 484 g/mol. The molecule has 33 heavy (non-hydrogen) atoms. The largest absolute Gasteiger partial charge is 0.388 e. The predicted octanol–water partition coefficient (Wildman–Crippen LogP) is 3.62. The molecule has 11 heteroatoms. The number of hydrogen-bond donors (Lipinski definition) is 3. The Kier molecular flexibility index (Phi) is 5.91. The van der Waals surface area contributed by atoms with Gasteiger partial charge < -0.3 is 10.6 Å². The third kappa shape index (κ3) is 4.59. The van der Waals surface area contributed by atoms with Crippen molar-refractivity contribution in [3.8, 4) is 5.69 Å². The molecule has 2 aromatic carbocycles. The van der Waals surface area contributed by atoms with Crippen LogP contribution in [0.2, 0.25) is 0 Å². The lowest BCUT2D eigenvalue weighted by atomic mass is 10.1. The van der Waals surface area contributed by atoms with Gasteiger partial charge in [-0.25, -0.2) is 22.9 Å². The van der Waals surface area contributed by atoms with Gasteiger partial charge in [0.05, 0.1) is 16.6 Å². The summed E-state index contributed by atoms with van der Waals surface area (Å²) in [6.45, 7) is 3.56. The van der Waals surface area contributed by atoms with Gasteiger partial charge in [0.25, 0.3) is 15.6 Å². The highest BCUT2D eigenvalue weighted by Crippen LogP contribution is 2.22. The first-order valence-electron chi connectivity index (χ1n) is 9.88. The summed E-state index contributed by atoms with van der Waals surface area (Å²) in [7, 11) is -2.16. The van der Waals surface area contributed by atoms with Gasteiger partial charge in [-0.05, 0) is 67.9 Å². The third-order valence-corrected chi connectivity index (χ3v) is 7.79. The van der Waals surface area contributed by atoms with Crippen LogP contribution in [0.3, 0.4) is 0 Å². The molecule has 4 aromatic rings. The van der Waals surface area contributed by atoms with Gasteiger partial charge in [0.15, 0.2) is 0 Å². The number of nitrogens with one attached hydrogen (secondary N) is 3. The van der Waals surface area contributed by atoms with Crippen LogP contribution in [0.15, 0.2) is 63.9 Å². The van der Waals surface area contributed by atoms with E-state index in [0.717, 1.165) is 21.9 Å². The second kappa shape index (κ2) is 8.68. The Bertz CT molecular complexity index is 1540. The molecule has 0 unspecified atom stereocenters. The lowest BCUT2D eigenvalue weighted by Gasteiger charge is -2.13. The number of thiophene rings is 1. The van der Waals surface area contributed by atoms with Gasteiger partial charge in [-0.3, -0.25) is 9.36 Å². The fourth-order valence-electron chi connectivity index (χ4n) is 3.34. The van der Waals surface area contributed by atoms with E-state index in [1.54, 1.807) is 63.4 Å². The van der Waals surface area contributed by atoms with Crippen molar-refractivity contribution in [3.63, 3.8) is 0 Å². The average Bonchev–Trinajstić information content (AvgIpc) is 3.21. The molecule has 170 valence electrons. The molecular formula is C22H21N5O4S2. The maximum atomic E-state index is 13.0. The number of urea groups is 1. The van der Waals surface area contributed by atoms with Crippen molar-refractivity contribution in [2.24, 2.45) is 0 Å². The zero-order chi connectivity index (χ0) is 23.8. The summed E-state index contributed by atoms with van der Waals surface area (Å²) >= 11 is 1.08. The van der Waals surface area contributed by atoms with Crippen LogP contribution >= 0.6 is 11.3 Å². The molecule has 0 saturated heterocycles. The van der Waals surface area contributed by atoms with E-state index in [9.17, 15) is 18.0 Å². The van der Waals surface area contributed by atoms with E-state index in [2.05, 4.69) is 15.6 Å². The minimum absolute atomic E-state index is 0.0618. The predicted molar refractivity (Wildman–Crippen MR) is 130 cm³/mol. The molecular weight excluding hydrogens is 462 g/mol. The highest BCUT2D eigenvalue weighted by molar-refractivity contribution is 7.92. The maximum Gasteiger partial charge on any atom is 0.333 e. The van der Waals surface area contributed by atoms with E-state index in [-0.39, 0.29) is 9.77 Å². The minimum Gasteiger partial charge on any atom is -0.388 e. The third-order valence-electron chi connectivity index (χ3n) is 4.97. The van der Waals surface area contributed by atoms with Crippen LogP contribution in [0.4, 0.5) is 16.2 Å². The number of carbonyl (C=O) groups excluding carboxylic acids is 1. The summed E-state index contributed by atoms with van der Waals surface area (Å²) in [6, 6.07) is 12.5. The number of carbonyl (C=O) groups is 1. The number of amides is 2. The summed E-state index contributed by atoms with van der Waals surface area (Å²) < 4.78 is 28.2. The number of benzene rings is 2. The van der Waals surface area contributed by atoms with Crippen molar-refractivity contribution in [2.75, 3.05) is 17.7 Å². The highest BCUT2D eigenvalue weighted by Gasteiger charge is 2.19. The smallest absolute Gasteiger partial charge is 0.333 e. The molecule has 0 aliphatic rings. The number of anilines is 2. The molecule has 4 rings (SSSR count). The summed E-state index contributed by atoms with van der Waals surface area (Å²) in [5, 5.41) is 6.01. The zero-order valence-corrected chi connectivity index (χ0v) is 19.7. The monoisotopic (exact) mass is 483 g/mol. The van der Waals surface area contributed by atoms with Gasteiger partial charge in [-0.1, -0.05) is 0 Å². The summed E-state index contributed by atoms with van der Waals surface area (Å²) in [4.78, 5) is 30.5. The Morgan fingerprint density at radius 2 is 1.79 bits per heavy atom. The number of aromatic nitrogens is 2. The lowest BCUT2D eigenvalue weighted by Crippen LogP contribution is -2.34. The van der Waals surface area contributed by atoms with E-state index in [0.29, 0.717) is 27.8 Å². The molecule has 0 bridgehead atoms. The van der Waals surface area contributed by atoms with Crippen LogP contribution in [0.5, 0.6) is 0 Å². The van der Waals surface area contributed by atoms with Crippen LogP contribution < -0.4 is 20.9 Å². The Morgan fingerprint density at radius 1 is 1.03 bits per heavy atom. The van der Waals surface area contributed by atoms with E-state index in [4.69, 9.17) is 0 Å². The molecule has 0 fully saturated rings. The minimum atomic E-state index is -3.95. The molecule has 2 heterocycles. The van der Waals surface area contributed by atoms with Crippen LogP contribution in [0, 0.1) is 13.8 Å². The number of hydrogen-bond acceptors (Lipinski definition) is 7. The van der Waals surface area contributed by atoms with Crippen LogP contribution in [0.25, 0.3) is 16.6 Å². The molecule has 9 nitrogen and oxygen atoms in total. The molecule has 2 aromatic heterocycles. The summed E-state index contributed by atoms with van der Waals surface area (Å²) in [5.41, 5.74) is 2.89. The Morgan fingerprint density at radius 3 is 2.45 bits per heavy atom.